The van der Waals surface area contributed by atoms with E-state index in [-0.39, 0.29) is 18.9 Å². The van der Waals surface area contributed by atoms with Gasteiger partial charge in [0.1, 0.15) is 5.15 Å². The zero-order valence-corrected chi connectivity index (χ0v) is 12.7. The maximum absolute atomic E-state index is 12.8. The van der Waals surface area contributed by atoms with E-state index in [0.29, 0.717) is 28.5 Å². The monoisotopic (exact) mass is 340 g/mol. The summed E-state index contributed by atoms with van der Waals surface area (Å²) in [5.41, 5.74) is 0.969. The van der Waals surface area contributed by atoms with Gasteiger partial charge in [0, 0.05) is 12.8 Å². The van der Waals surface area contributed by atoms with Crippen LogP contribution in [0.5, 0.6) is 0 Å². The van der Waals surface area contributed by atoms with Crippen LogP contribution in [0.4, 0.5) is 18.9 Å². The molecule has 0 N–H and O–H groups in total. The highest BCUT2D eigenvalue weighted by molar-refractivity contribution is 6.29. The minimum atomic E-state index is -4.41. The van der Waals surface area contributed by atoms with Gasteiger partial charge in [-0.15, -0.1) is 0 Å². The Morgan fingerprint density at radius 2 is 1.96 bits per heavy atom. The van der Waals surface area contributed by atoms with Gasteiger partial charge in [0.15, 0.2) is 0 Å². The fourth-order valence-electron chi connectivity index (χ4n) is 2.59. The fraction of sp³-hybridized carbons (Fsp3) is 0.250. The number of hydrogen-bond acceptors (Lipinski definition) is 2. The molecular weight excluding hydrogens is 329 g/mol. The summed E-state index contributed by atoms with van der Waals surface area (Å²) in [6.45, 7) is 0.0685. The van der Waals surface area contributed by atoms with Gasteiger partial charge in [-0.05, 0) is 29.8 Å². The van der Waals surface area contributed by atoms with E-state index >= 15 is 0 Å². The topological polar surface area (TPSA) is 33.2 Å². The second-order valence-electron chi connectivity index (χ2n) is 5.28. The maximum atomic E-state index is 12.8. The number of nitrogens with zero attached hydrogens (tertiary/aromatic N) is 2. The van der Waals surface area contributed by atoms with Crippen LogP contribution in [0.25, 0.3) is 0 Å². The van der Waals surface area contributed by atoms with Crippen molar-refractivity contribution in [2.75, 3.05) is 4.90 Å². The van der Waals surface area contributed by atoms with Gasteiger partial charge in [0.25, 0.3) is 0 Å². The van der Waals surface area contributed by atoms with Crippen molar-refractivity contribution in [3.8, 4) is 0 Å². The molecule has 1 amide bonds. The molecule has 7 heteroatoms. The molecule has 0 atom stereocenters. The summed E-state index contributed by atoms with van der Waals surface area (Å²) in [6, 6.07) is 8.23. The third kappa shape index (κ3) is 3.32. The van der Waals surface area contributed by atoms with Crippen molar-refractivity contribution in [3.05, 3.63) is 58.4 Å². The molecule has 0 unspecified atom stereocenters. The second kappa shape index (κ2) is 5.85. The first kappa shape index (κ1) is 15.8. The van der Waals surface area contributed by atoms with Gasteiger partial charge in [0.05, 0.1) is 23.5 Å². The van der Waals surface area contributed by atoms with Crippen molar-refractivity contribution in [1.82, 2.24) is 4.98 Å². The zero-order valence-electron chi connectivity index (χ0n) is 11.9. The molecule has 1 aliphatic heterocycles. The van der Waals surface area contributed by atoms with Crippen LogP contribution in [0, 0.1) is 0 Å². The number of rotatable bonds is 2. The number of alkyl halides is 3. The average Bonchev–Trinajstić information content (AvgIpc) is 2.49. The second-order valence-corrected chi connectivity index (χ2v) is 5.67. The number of fused-ring (bicyclic) bond motifs is 1. The van der Waals surface area contributed by atoms with Crippen LogP contribution >= 0.6 is 11.6 Å². The Labute approximate surface area is 135 Å². The van der Waals surface area contributed by atoms with E-state index in [2.05, 4.69) is 4.98 Å². The van der Waals surface area contributed by atoms with Crippen molar-refractivity contribution in [1.29, 1.82) is 0 Å². The normalized spacial score (nSPS) is 14.8. The molecule has 2 aromatic rings. The Morgan fingerprint density at radius 3 is 2.70 bits per heavy atom. The van der Waals surface area contributed by atoms with E-state index < -0.39 is 11.7 Å². The predicted molar refractivity (Wildman–Crippen MR) is 80.2 cm³/mol. The van der Waals surface area contributed by atoms with Crippen molar-refractivity contribution < 1.29 is 18.0 Å². The first-order valence-corrected chi connectivity index (χ1v) is 7.34. The third-order valence-corrected chi connectivity index (χ3v) is 3.89. The molecular formula is C16H12ClF3N2O. The summed E-state index contributed by atoms with van der Waals surface area (Å²) in [6.07, 6.45) is -3.66. The summed E-state index contributed by atoms with van der Waals surface area (Å²) in [4.78, 5) is 17.8. The van der Waals surface area contributed by atoms with E-state index in [4.69, 9.17) is 11.6 Å². The lowest BCUT2D eigenvalue weighted by Crippen LogP contribution is -2.35. The Balaban J connectivity index is 1.93. The number of aryl methyl sites for hydroxylation is 1. The molecule has 120 valence electrons. The van der Waals surface area contributed by atoms with Gasteiger partial charge in [0.2, 0.25) is 5.91 Å². The number of amides is 1. The van der Waals surface area contributed by atoms with Crippen LogP contribution in [0.15, 0.2) is 36.4 Å². The van der Waals surface area contributed by atoms with Crippen LogP contribution in [0.2, 0.25) is 5.15 Å². The molecule has 0 radical (unpaired) electrons. The molecule has 2 heterocycles. The Kier molecular flexibility index (Phi) is 4.02. The lowest BCUT2D eigenvalue weighted by Gasteiger charge is -2.29. The molecule has 3 rings (SSSR count). The van der Waals surface area contributed by atoms with E-state index in [1.54, 1.807) is 18.2 Å². The molecule has 0 spiro atoms. The lowest BCUT2D eigenvalue weighted by atomic mass is 10.0. The molecule has 0 saturated carbocycles. The fourth-order valence-corrected chi connectivity index (χ4v) is 2.76. The minimum Gasteiger partial charge on any atom is -0.306 e. The zero-order chi connectivity index (χ0) is 16.6. The quantitative estimate of drug-likeness (QED) is 0.766. The van der Waals surface area contributed by atoms with Crippen molar-refractivity contribution in [2.45, 2.75) is 25.6 Å². The van der Waals surface area contributed by atoms with Crippen LogP contribution < -0.4 is 4.90 Å². The van der Waals surface area contributed by atoms with Crippen LogP contribution in [-0.4, -0.2) is 10.9 Å². The first-order chi connectivity index (χ1) is 10.8. The standard InChI is InChI=1S/C16H12ClF3N2O/c17-14-6-5-13-12(21-14)4-7-15(23)22(13)9-10-2-1-3-11(8-10)16(18,19)20/h1-3,5-6,8H,4,7,9H2. The summed E-state index contributed by atoms with van der Waals surface area (Å²) in [5, 5.41) is 0.331. The number of anilines is 1. The molecule has 0 aliphatic carbocycles. The molecule has 0 saturated heterocycles. The van der Waals surface area contributed by atoms with Crippen LogP contribution in [0.3, 0.4) is 0 Å². The molecule has 0 bridgehead atoms. The minimum absolute atomic E-state index is 0.0685. The van der Waals surface area contributed by atoms with E-state index in [0.717, 1.165) is 12.1 Å². The van der Waals surface area contributed by atoms with Gasteiger partial charge in [-0.25, -0.2) is 4.98 Å². The van der Waals surface area contributed by atoms with Gasteiger partial charge in [-0.2, -0.15) is 13.2 Å². The molecule has 1 aliphatic rings. The third-order valence-electron chi connectivity index (χ3n) is 3.68. The number of halogens is 4. The highest BCUT2D eigenvalue weighted by atomic mass is 35.5. The Morgan fingerprint density at radius 1 is 1.17 bits per heavy atom. The molecule has 3 nitrogen and oxygen atoms in total. The van der Waals surface area contributed by atoms with E-state index in [1.165, 1.54) is 11.0 Å². The predicted octanol–water partition coefficient (Wildman–Crippen LogP) is 4.23. The summed E-state index contributed by atoms with van der Waals surface area (Å²) >= 11 is 5.85. The molecule has 1 aromatic heterocycles. The van der Waals surface area contributed by atoms with Crippen LogP contribution in [-0.2, 0) is 23.9 Å². The number of hydrogen-bond donors (Lipinski definition) is 0. The molecule has 1 aromatic carbocycles. The van der Waals surface area contributed by atoms with E-state index in [1.807, 2.05) is 0 Å². The number of carbonyl (C=O) groups excluding carboxylic acids is 1. The smallest absolute Gasteiger partial charge is 0.306 e. The summed E-state index contributed by atoms with van der Waals surface area (Å²) < 4.78 is 38.4. The van der Waals surface area contributed by atoms with Gasteiger partial charge in [-0.3, -0.25) is 4.79 Å². The summed E-state index contributed by atoms with van der Waals surface area (Å²) in [7, 11) is 0. The maximum Gasteiger partial charge on any atom is 0.416 e. The highest BCUT2D eigenvalue weighted by Crippen LogP contribution is 2.32. The van der Waals surface area contributed by atoms with Crippen molar-refractivity contribution in [3.63, 3.8) is 0 Å². The lowest BCUT2D eigenvalue weighted by molar-refractivity contribution is -0.137. The van der Waals surface area contributed by atoms with Gasteiger partial charge >= 0.3 is 6.18 Å². The SMILES string of the molecule is O=C1CCc2nc(Cl)ccc2N1Cc1cccc(C(F)(F)F)c1. The summed E-state index contributed by atoms with van der Waals surface area (Å²) in [5.74, 6) is -0.140. The Bertz CT molecular complexity index is 761. The van der Waals surface area contributed by atoms with Crippen LogP contribution in [0.1, 0.15) is 23.2 Å². The highest BCUT2D eigenvalue weighted by Gasteiger charge is 2.31. The molecule has 23 heavy (non-hydrogen) atoms. The largest absolute Gasteiger partial charge is 0.416 e. The van der Waals surface area contributed by atoms with Crippen molar-refractivity contribution >= 4 is 23.2 Å². The van der Waals surface area contributed by atoms with Gasteiger partial charge < -0.3 is 4.90 Å². The first-order valence-electron chi connectivity index (χ1n) is 6.96. The molecule has 0 fully saturated rings. The van der Waals surface area contributed by atoms with Crippen molar-refractivity contribution in [2.24, 2.45) is 0 Å². The number of aromatic nitrogens is 1. The number of carbonyl (C=O) groups is 1. The van der Waals surface area contributed by atoms with E-state index in [9.17, 15) is 18.0 Å². The average molecular weight is 341 g/mol. The Hall–Kier alpha value is -2.08. The number of benzene rings is 1. The number of pyridine rings is 1. The van der Waals surface area contributed by atoms with Gasteiger partial charge in [-0.1, -0.05) is 23.7 Å².